The van der Waals surface area contributed by atoms with Crippen LogP contribution in [0.2, 0.25) is 0 Å². The molecule has 9 nitrogen and oxygen atoms in total. The van der Waals surface area contributed by atoms with E-state index in [4.69, 9.17) is 0 Å². The van der Waals surface area contributed by atoms with Crippen LogP contribution in [-0.4, -0.2) is 38.0 Å². The van der Waals surface area contributed by atoms with Gasteiger partial charge in [0.2, 0.25) is 5.91 Å². The molecule has 2 aromatic carbocycles. The van der Waals surface area contributed by atoms with Crippen molar-refractivity contribution in [3.8, 4) is 0 Å². The summed E-state index contributed by atoms with van der Waals surface area (Å²) < 4.78 is 23.6. The van der Waals surface area contributed by atoms with Gasteiger partial charge in [0.05, 0.1) is 9.82 Å². The highest BCUT2D eigenvalue weighted by molar-refractivity contribution is 7.90. The largest absolute Gasteiger partial charge is 0.348 e. The van der Waals surface area contributed by atoms with Crippen LogP contribution in [0.3, 0.4) is 0 Å². The van der Waals surface area contributed by atoms with E-state index in [0.29, 0.717) is 13.0 Å². The number of hydrogen-bond acceptors (Lipinski definition) is 6. The van der Waals surface area contributed by atoms with Gasteiger partial charge < -0.3 is 10.2 Å². The lowest BCUT2D eigenvalue weighted by Crippen LogP contribution is -2.35. The molecule has 0 saturated carbocycles. The van der Waals surface area contributed by atoms with Crippen LogP contribution in [0.5, 0.6) is 0 Å². The van der Waals surface area contributed by atoms with E-state index in [1.807, 2.05) is 6.07 Å². The molecular weight excluding hydrogens is 410 g/mol. The highest BCUT2D eigenvalue weighted by Crippen LogP contribution is 2.23. The van der Waals surface area contributed by atoms with Gasteiger partial charge in [0.1, 0.15) is 0 Å². The van der Waals surface area contributed by atoms with Crippen LogP contribution in [0.25, 0.3) is 0 Å². The third-order valence-corrected chi connectivity index (χ3v) is 5.88. The molecule has 0 radical (unpaired) electrons. The van der Waals surface area contributed by atoms with Crippen LogP contribution in [0.4, 0.5) is 11.4 Å². The number of nitro benzene ring substituents is 1. The molecule has 1 aliphatic rings. The summed E-state index contributed by atoms with van der Waals surface area (Å²) in [6.07, 6.45) is 3.24. The summed E-state index contributed by atoms with van der Waals surface area (Å²) >= 11 is 0. The second-order valence-corrected chi connectivity index (χ2v) is 9.12. The van der Waals surface area contributed by atoms with Gasteiger partial charge in [0.15, 0.2) is 9.84 Å². The third kappa shape index (κ3) is 5.01. The first-order valence-electron chi connectivity index (χ1n) is 9.32. The number of nitro groups is 1. The van der Waals surface area contributed by atoms with Crippen molar-refractivity contribution in [2.45, 2.75) is 30.7 Å². The highest BCUT2D eigenvalue weighted by atomic mass is 32.2. The number of nitrogens with one attached hydrogen (secondary N) is 1. The fourth-order valence-electron chi connectivity index (χ4n) is 3.23. The molecule has 2 aromatic rings. The average molecular weight is 431 g/mol. The van der Waals surface area contributed by atoms with E-state index in [0.717, 1.165) is 48.5 Å². The number of carbonyl (C=O) groups excluding carboxylic acids is 2. The molecule has 0 bridgehead atoms. The first kappa shape index (κ1) is 21.4. The minimum absolute atomic E-state index is 0.0623. The summed E-state index contributed by atoms with van der Waals surface area (Å²) in [7, 11) is -3.73. The van der Waals surface area contributed by atoms with Gasteiger partial charge in [0, 0.05) is 49.1 Å². The normalized spacial score (nSPS) is 14.4. The molecule has 0 aromatic heterocycles. The Kier molecular flexibility index (Phi) is 6.16. The Morgan fingerprint density at radius 3 is 2.63 bits per heavy atom. The Bertz CT molecular complexity index is 1110. The Balaban J connectivity index is 1.77. The molecule has 158 valence electrons. The molecule has 0 unspecified atom stereocenters. The van der Waals surface area contributed by atoms with Gasteiger partial charge in [-0.15, -0.1) is 0 Å². The number of carbonyl (C=O) groups is 2. The molecule has 0 aliphatic carbocycles. The number of amides is 2. The van der Waals surface area contributed by atoms with Crippen LogP contribution in [0, 0.1) is 10.1 Å². The highest BCUT2D eigenvalue weighted by Gasteiger charge is 2.21. The maximum absolute atomic E-state index is 12.5. The van der Waals surface area contributed by atoms with Crippen molar-refractivity contribution in [3.05, 3.63) is 63.7 Å². The molecule has 1 fully saturated rings. The molecule has 1 N–H and O–H groups in total. The predicted molar refractivity (Wildman–Crippen MR) is 110 cm³/mol. The molecule has 1 saturated heterocycles. The molecule has 2 amide bonds. The zero-order valence-corrected chi connectivity index (χ0v) is 17.1. The second-order valence-electron chi connectivity index (χ2n) is 7.10. The first-order chi connectivity index (χ1) is 14.1. The Hall–Kier alpha value is -3.27. The van der Waals surface area contributed by atoms with Crippen molar-refractivity contribution in [3.63, 3.8) is 0 Å². The summed E-state index contributed by atoms with van der Waals surface area (Å²) in [5.41, 5.74) is 0.898. The maximum Gasteiger partial charge on any atom is 0.271 e. The zero-order valence-electron chi connectivity index (χ0n) is 16.3. The standard InChI is InChI=1S/C20H21N3O6S/c1-30(28,29)18-11-15(10-17(12-18)23(26)27)20(25)21-13-14-5-4-6-16(9-14)22-8-3-2-7-19(22)24/h4-6,9-12H,2-3,7-8,13H2,1H3,(H,21,25). The molecule has 0 atom stereocenters. The monoisotopic (exact) mass is 431 g/mol. The lowest BCUT2D eigenvalue weighted by atomic mass is 10.1. The Morgan fingerprint density at radius 2 is 1.97 bits per heavy atom. The SMILES string of the molecule is CS(=O)(=O)c1cc(C(=O)NCc2cccc(N3CCCCC3=O)c2)cc([N+](=O)[O-])c1. The van der Waals surface area contributed by atoms with Gasteiger partial charge in [-0.2, -0.15) is 0 Å². The van der Waals surface area contributed by atoms with Crippen LogP contribution in [0.15, 0.2) is 47.4 Å². The lowest BCUT2D eigenvalue weighted by molar-refractivity contribution is -0.385. The van der Waals surface area contributed by atoms with Crippen molar-refractivity contribution < 1.29 is 22.9 Å². The molecule has 30 heavy (non-hydrogen) atoms. The van der Waals surface area contributed by atoms with Gasteiger partial charge in [-0.1, -0.05) is 12.1 Å². The number of benzene rings is 2. The summed E-state index contributed by atoms with van der Waals surface area (Å²) in [6.45, 7) is 0.766. The fourth-order valence-corrected chi connectivity index (χ4v) is 3.91. The number of hydrogen-bond donors (Lipinski definition) is 1. The van der Waals surface area contributed by atoms with E-state index in [2.05, 4.69) is 5.32 Å². The van der Waals surface area contributed by atoms with Gasteiger partial charge in [-0.3, -0.25) is 19.7 Å². The van der Waals surface area contributed by atoms with Crippen molar-refractivity contribution >= 4 is 33.0 Å². The van der Waals surface area contributed by atoms with Crippen molar-refractivity contribution in [2.75, 3.05) is 17.7 Å². The molecule has 3 rings (SSSR count). The fraction of sp³-hybridized carbons (Fsp3) is 0.300. The number of rotatable bonds is 6. The summed E-state index contributed by atoms with van der Waals surface area (Å²) in [4.78, 5) is 36.4. The van der Waals surface area contributed by atoms with Crippen molar-refractivity contribution in [1.82, 2.24) is 5.32 Å². The average Bonchev–Trinajstić information content (AvgIpc) is 2.71. The smallest absolute Gasteiger partial charge is 0.271 e. The van der Waals surface area contributed by atoms with E-state index in [-0.39, 0.29) is 22.9 Å². The summed E-state index contributed by atoms with van der Waals surface area (Å²) in [6, 6.07) is 10.3. The summed E-state index contributed by atoms with van der Waals surface area (Å²) in [5, 5.41) is 13.7. The van der Waals surface area contributed by atoms with E-state index in [9.17, 15) is 28.1 Å². The van der Waals surface area contributed by atoms with E-state index in [1.165, 1.54) is 0 Å². The zero-order chi connectivity index (χ0) is 21.9. The van der Waals surface area contributed by atoms with Gasteiger partial charge in [0.25, 0.3) is 11.6 Å². The third-order valence-electron chi connectivity index (χ3n) is 4.79. The number of nitrogens with zero attached hydrogens (tertiary/aromatic N) is 2. The van der Waals surface area contributed by atoms with Gasteiger partial charge in [-0.25, -0.2) is 8.42 Å². The van der Waals surface area contributed by atoms with Crippen molar-refractivity contribution in [1.29, 1.82) is 0 Å². The van der Waals surface area contributed by atoms with E-state index < -0.39 is 26.4 Å². The van der Waals surface area contributed by atoms with Crippen LogP contribution in [0.1, 0.15) is 35.2 Å². The lowest BCUT2D eigenvalue weighted by Gasteiger charge is -2.27. The number of anilines is 1. The van der Waals surface area contributed by atoms with Crippen LogP contribution >= 0.6 is 0 Å². The molecular formula is C20H21N3O6S. The quantitative estimate of drug-likeness (QED) is 0.553. The molecule has 10 heteroatoms. The van der Waals surface area contributed by atoms with E-state index >= 15 is 0 Å². The number of sulfone groups is 1. The summed E-state index contributed by atoms with van der Waals surface area (Å²) in [5.74, 6) is -0.574. The van der Waals surface area contributed by atoms with Gasteiger partial charge >= 0.3 is 0 Å². The van der Waals surface area contributed by atoms with Crippen molar-refractivity contribution in [2.24, 2.45) is 0 Å². The molecule has 1 aliphatic heterocycles. The van der Waals surface area contributed by atoms with Gasteiger partial charge in [-0.05, 0) is 36.6 Å². The minimum atomic E-state index is -3.73. The second kappa shape index (κ2) is 8.62. The van der Waals surface area contributed by atoms with Crippen LogP contribution < -0.4 is 10.2 Å². The predicted octanol–water partition coefficient (Wildman–Crippen LogP) is 2.45. The molecule has 1 heterocycles. The molecule has 0 spiro atoms. The Labute approximate surface area is 173 Å². The Morgan fingerprint density at radius 1 is 1.20 bits per heavy atom. The minimum Gasteiger partial charge on any atom is -0.348 e. The number of piperidine rings is 1. The number of non-ortho nitro benzene ring substituents is 1. The van der Waals surface area contributed by atoms with Crippen LogP contribution in [-0.2, 0) is 21.2 Å². The van der Waals surface area contributed by atoms with E-state index in [1.54, 1.807) is 23.1 Å². The topological polar surface area (TPSA) is 127 Å². The maximum atomic E-state index is 12.5. The first-order valence-corrected chi connectivity index (χ1v) is 11.2.